The lowest BCUT2D eigenvalue weighted by molar-refractivity contribution is -0.384. The van der Waals surface area contributed by atoms with Crippen LogP contribution in [0.1, 0.15) is 34.7 Å². The molecule has 1 saturated heterocycles. The smallest absolute Gasteiger partial charge is 0.273 e. The predicted octanol–water partition coefficient (Wildman–Crippen LogP) is 6.25. The number of halogens is 1. The number of hydrogen-bond acceptors (Lipinski definition) is 6. The first-order valence-electron chi connectivity index (χ1n) is 12.1. The van der Waals surface area contributed by atoms with Crippen LogP contribution in [0.2, 0.25) is 5.02 Å². The fourth-order valence-corrected chi connectivity index (χ4v) is 5.77. The molecule has 2 atom stereocenters. The zero-order valence-electron chi connectivity index (χ0n) is 21.7. The number of nitro groups is 1. The van der Waals surface area contributed by atoms with Gasteiger partial charge in [0.25, 0.3) is 5.69 Å². The molecule has 0 spiro atoms. The maximum absolute atomic E-state index is 11.4. The second-order valence-corrected chi connectivity index (χ2v) is 9.88. The van der Waals surface area contributed by atoms with Crippen LogP contribution in [0.25, 0.3) is 5.69 Å². The van der Waals surface area contributed by atoms with Crippen LogP contribution in [0.5, 0.6) is 11.5 Å². The average molecular weight is 564 g/mol. The van der Waals surface area contributed by atoms with Crippen molar-refractivity contribution in [2.75, 3.05) is 19.1 Å². The highest BCUT2D eigenvalue weighted by Gasteiger charge is 2.42. The first kappa shape index (κ1) is 26.5. The molecule has 2 aromatic carbocycles. The van der Waals surface area contributed by atoms with Crippen molar-refractivity contribution in [1.82, 2.24) is 14.9 Å². The predicted molar refractivity (Wildman–Crippen MR) is 154 cm³/mol. The number of non-ortho nitro benzene ring substituents is 1. The summed E-state index contributed by atoms with van der Waals surface area (Å²) >= 11 is 12.4. The second-order valence-electron chi connectivity index (χ2n) is 9.09. The van der Waals surface area contributed by atoms with Gasteiger partial charge >= 0.3 is 0 Å². The molecule has 1 N–H and O–H groups in total. The number of benzene rings is 2. The number of aryl methyl sites for hydroxylation is 1. The summed E-state index contributed by atoms with van der Waals surface area (Å²) in [7, 11) is 3.08. The molecule has 2 aromatic heterocycles. The summed E-state index contributed by atoms with van der Waals surface area (Å²) in [6.45, 7) is 4.00. The van der Waals surface area contributed by atoms with Crippen molar-refractivity contribution < 1.29 is 14.4 Å². The highest BCUT2D eigenvalue weighted by atomic mass is 35.5. The Morgan fingerprint density at radius 3 is 2.46 bits per heavy atom. The molecular weight excluding hydrogens is 538 g/mol. The maximum Gasteiger partial charge on any atom is 0.273 e. The van der Waals surface area contributed by atoms with E-state index in [4.69, 9.17) is 33.3 Å². The summed E-state index contributed by atoms with van der Waals surface area (Å²) in [6, 6.07) is 17.5. The molecule has 5 rings (SSSR count). The molecule has 9 nitrogen and oxygen atoms in total. The molecule has 3 heterocycles. The number of ether oxygens (including phenoxy) is 2. The first-order valence-corrected chi connectivity index (χ1v) is 12.9. The summed E-state index contributed by atoms with van der Waals surface area (Å²) in [5, 5.41) is 15.8. The van der Waals surface area contributed by atoms with Crippen molar-refractivity contribution in [3.05, 3.63) is 105 Å². The number of pyridine rings is 1. The summed E-state index contributed by atoms with van der Waals surface area (Å²) in [6.07, 6.45) is 1.76. The first-order chi connectivity index (χ1) is 18.7. The standard InChI is InChI=1S/C28H26ClN5O4S/c1-16-13-20(17(2)32(16)23-10-8-19(34(35)36)15-25(23)38-4)27-26(22-7-5-6-12-30-22)31-28(39)33(27)18-9-11-24(37-3)21(29)14-18/h5-15,26-27H,1-4H3,(H,31,39)/t26-,27+/m0/s1. The summed E-state index contributed by atoms with van der Waals surface area (Å²) in [5.41, 5.74) is 5.17. The number of nitro benzene ring substituents is 1. The molecule has 1 aliphatic rings. The van der Waals surface area contributed by atoms with Gasteiger partial charge in [0.2, 0.25) is 0 Å². The van der Waals surface area contributed by atoms with Gasteiger partial charge < -0.3 is 24.3 Å². The molecular formula is C28H26ClN5O4S. The van der Waals surface area contributed by atoms with Crippen molar-refractivity contribution in [2.45, 2.75) is 25.9 Å². The lowest BCUT2D eigenvalue weighted by atomic mass is 9.96. The third kappa shape index (κ3) is 4.66. The van der Waals surface area contributed by atoms with Crippen LogP contribution in [0.3, 0.4) is 0 Å². The van der Waals surface area contributed by atoms with Gasteiger partial charge in [-0.2, -0.15) is 0 Å². The molecule has 0 aliphatic carbocycles. The van der Waals surface area contributed by atoms with Gasteiger partial charge in [0, 0.05) is 29.3 Å². The van der Waals surface area contributed by atoms with E-state index < -0.39 is 4.92 Å². The normalized spacial score (nSPS) is 16.7. The summed E-state index contributed by atoms with van der Waals surface area (Å²) < 4.78 is 13.0. The van der Waals surface area contributed by atoms with Gasteiger partial charge in [0.05, 0.1) is 53.7 Å². The minimum atomic E-state index is -0.437. The Labute approximate surface area is 236 Å². The Bertz CT molecular complexity index is 1580. The van der Waals surface area contributed by atoms with Crippen molar-refractivity contribution in [3.63, 3.8) is 0 Å². The quantitative estimate of drug-likeness (QED) is 0.160. The Hall–Kier alpha value is -4.15. The number of nitrogens with zero attached hydrogens (tertiary/aromatic N) is 4. The molecule has 0 radical (unpaired) electrons. The average Bonchev–Trinajstić information content (AvgIpc) is 3.43. The molecule has 4 aromatic rings. The third-order valence-corrected chi connectivity index (χ3v) is 7.53. The molecule has 1 aliphatic heterocycles. The number of nitrogens with one attached hydrogen (secondary N) is 1. The van der Waals surface area contributed by atoms with Crippen LogP contribution >= 0.6 is 23.8 Å². The molecule has 0 amide bonds. The van der Waals surface area contributed by atoms with Gasteiger partial charge in [-0.25, -0.2) is 0 Å². The zero-order chi connectivity index (χ0) is 27.8. The van der Waals surface area contributed by atoms with Crippen LogP contribution < -0.4 is 19.7 Å². The molecule has 39 heavy (non-hydrogen) atoms. The minimum absolute atomic E-state index is 0.0404. The molecule has 200 valence electrons. The largest absolute Gasteiger partial charge is 0.495 e. The van der Waals surface area contributed by atoms with Crippen LogP contribution in [0.4, 0.5) is 11.4 Å². The monoisotopic (exact) mass is 563 g/mol. The van der Waals surface area contributed by atoms with Crippen molar-refractivity contribution >= 4 is 40.3 Å². The number of thiocarbonyl (C=S) groups is 1. The van der Waals surface area contributed by atoms with E-state index in [9.17, 15) is 10.1 Å². The molecule has 11 heteroatoms. The fraction of sp³-hybridized carbons (Fsp3) is 0.214. The molecule has 0 bridgehead atoms. The van der Waals surface area contributed by atoms with Crippen molar-refractivity contribution in [3.8, 4) is 17.2 Å². The summed E-state index contributed by atoms with van der Waals surface area (Å²) in [4.78, 5) is 17.6. The number of aromatic nitrogens is 2. The van der Waals surface area contributed by atoms with Gasteiger partial charge in [-0.05, 0) is 74.1 Å². The zero-order valence-corrected chi connectivity index (χ0v) is 23.3. The van der Waals surface area contributed by atoms with E-state index in [2.05, 4.69) is 16.4 Å². The lowest BCUT2D eigenvalue weighted by Gasteiger charge is -2.28. The topological polar surface area (TPSA) is 94.7 Å². The number of anilines is 1. The molecule has 0 unspecified atom stereocenters. The van der Waals surface area contributed by atoms with E-state index >= 15 is 0 Å². The number of hydrogen-bond donors (Lipinski definition) is 1. The van der Waals surface area contributed by atoms with Crippen LogP contribution in [-0.2, 0) is 0 Å². The van der Waals surface area contributed by atoms with Crippen LogP contribution in [0.15, 0.2) is 66.9 Å². The van der Waals surface area contributed by atoms with E-state index in [1.807, 2.05) is 59.7 Å². The minimum Gasteiger partial charge on any atom is -0.495 e. The van der Waals surface area contributed by atoms with Gasteiger partial charge in [-0.15, -0.1) is 0 Å². The van der Waals surface area contributed by atoms with E-state index in [1.165, 1.54) is 19.2 Å². The molecule has 0 saturated carbocycles. The second kappa shape index (κ2) is 10.5. The SMILES string of the molecule is COc1ccc(N2C(=S)N[C@@H](c3ccccn3)[C@H]2c2cc(C)n(-c3ccc([N+](=O)[O-])cc3OC)c2C)cc1Cl. The van der Waals surface area contributed by atoms with E-state index in [1.54, 1.807) is 19.4 Å². The van der Waals surface area contributed by atoms with Gasteiger partial charge in [-0.1, -0.05) is 17.7 Å². The Morgan fingerprint density at radius 2 is 1.82 bits per heavy atom. The van der Waals surface area contributed by atoms with Crippen LogP contribution in [0, 0.1) is 24.0 Å². The number of rotatable bonds is 7. The maximum atomic E-state index is 11.4. The van der Waals surface area contributed by atoms with E-state index in [-0.39, 0.29) is 17.8 Å². The third-order valence-electron chi connectivity index (χ3n) is 6.92. The Kier molecular flexibility index (Phi) is 7.16. The summed E-state index contributed by atoms with van der Waals surface area (Å²) in [5.74, 6) is 0.970. The van der Waals surface area contributed by atoms with Gasteiger partial charge in [0.15, 0.2) is 5.11 Å². The Morgan fingerprint density at radius 1 is 1.05 bits per heavy atom. The molecule has 1 fully saturated rings. The van der Waals surface area contributed by atoms with Crippen LogP contribution in [-0.4, -0.2) is 33.8 Å². The van der Waals surface area contributed by atoms with Gasteiger partial charge in [-0.3, -0.25) is 15.1 Å². The van der Waals surface area contributed by atoms with E-state index in [0.29, 0.717) is 27.3 Å². The van der Waals surface area contributed by atoms with Crippen molar-refractivity contribution in [2.24, 2.45) is 0 Å². The number of methoxy groups -OCH3 is 2. The fourth-order valence-electron chi connectivity index (χ4n) is 5.18. The Balaban J connectivity index is 1.69. The van der Waals surface area contributed by atoms with Gasteiger partial charge in [0.1, 0.15) is 11.5 Å². The van der Waals surface area contributed by atoms with E-state index in [0.717, 1.165) is 28.3 Å². The van der Waals surface area contributed by atoms with Crippen molar-refractivity contribution in [1.29, 1.82) is 0 Å². The highest BCUT2D eigenvalue weighted by molar-refractivity contribution is 7.80. The highest BCUT2D eigenvalue weighted by Crippen LogP contribution is 2.45. The lowest BCUT2D eigenvalue weighted by Crippen LogP contribution is -2.29.